The van der Waals surface area contributed by atoms with Crippen LogP contribution in [-0.4, -0.2) is 23.5 Å². The van der Waals surface area contributed by atoms with Gasteiger partial charge in [-0.3, -0.25) is 4.90 Å². The van der Waals surface area contributed by atoms with E-state index >= 15 is 0 Å². The molecule has 0 aromatic carbocycles. The molecule has 0 saturated carbocycles. The van der Waals surface area contributed by atoms with Gasteiger partial charge in [-0.15, -0.1) is 0 Å². The first kappa shape index (κ1) is 18.2. The van der Waals surface area contributed by atoms with Crippen LogP contribution in [0.5, 0.6) is 0 Å². The summed E-state index contributed by atoms with van der Waals surface area (Å²) in [5.74, 6) is 2.08. The second-order valence-electron chi connectivity index (χ2n) is 8.35. The predicted molar refractivity (Wildman–Crippen MR) is 90.4 cm³/mol. The molecule has 3 heteroatoms. The Balaban J connectivity index is 2.70. The maximum absolute atomic E-state index is 5.93. The third kappa shape index (κ3) is 5.84. The molecule has 1 aromatic heterocycles. The van der Waals surface area contributed by atoms with Crippen LogP contribution in [0.2, 0.25) is 0 Å². The van der Waals surface area contributed by atoms with E-state index in [0.717, 1.165) is 24.6 Å². The van der Waals surface area contributed by atoms with Crippen LogP contribution < -0.4 is 5.32 Å². The van der Waals surface area contributed by atoms with E-state index in [1.54, 1.807) is 0 Å². The molecule has 0 aliphatic heterocycles. The molecular weight excluding hydrogens is 260 g/mol. The van der Waals surface area contributed by atoms with E-state index in [2.05, 4.69) is 78.7 Å². The number of furan rings is 1. The summed E-state index contributed by atoms with van der Waals surface area (Å²) in [4.78, 5) is 2.36. The minimum absolute atomic E-state index is 0.126. The topological polar surface area (TPSA) is 28.4 Å². The monoisotopic (exact) mass is 294 g/mol. The molecule has 0 bridgehead atoms. The summed E-state index contributed by atoms with van der Waals surface area (Å²) < 4.78 is 5.93. The number of hydrogen-bond acceptors (Lipinski definition) is 3. The van der Waals surface area contributed by atoms with Gasteiger partial charge in [0.05, 0.1) is 6.54 Å². The Morgan fingerprint density at radius 2 is 1.76 bits per heavy atom. The van der Waals surface area contributed by atoms with Crippen LogP contribution in [0.15, 0.2) is 10.5 Å². The van der Waals surface area contributed by atoms with E-state index in [9.17, 15) is 0 Å². The van der Waals surface area contributed by atoms with Crippen molar-refractivity contribution in [2.24, 2.45) is 5.41 Å². The molecule has 0 aliphatic rings. The molecule has 1 unspecified atom stereocenters. The summed E-state index contributed by atoms with van der Waals surface area (Å²) in [6, 6.07) is 2.69. The van der Waals surface area contributed by atoms with Crippen LogP contribution in [-0.2, 0) is 13.1 Å². The minimum atomic E-state index is 0.126. The standard InChI is InChI=1S/C18H34N2O/c1-13-15(11-19-18(6,7)8)10-16(21-13)12-20(9)14(2)17(3,4)5/h10,14,19H,11-12H2,1-9H3. The average molecular weight is 294 g/mol. The van der Waals surface area contributed by atoms with Crippen LogP contribution in [0.25, 0.3) is 0 Å². The van der Waals surface area contributed by atoms with Crippen LogP contribution in [0, 0.1) is 12.3 Å². The van der Waals surface area contributed by atoms with Gasteiger partial charge in [-0.1, -0.05) is 20.8 Å². The van der Waals surface area contributed by atoms with Crippen molar-refractivity contribution < 1.29 is 4.42 Å². The highest BCUT2D eigenvalue weighted by Gasteiger charge is 2.24. The van der Waals surface area contributed by atoms with Gasteiger partial charge in [0.2, 0.25) is 0 Å². The minimum Gasteiger partial charge on any atom is -0.465 e. The SMILES string of the molecule is Cc1oc(CN(C)C(C)C(C)(C)C)cc1CNC(C)(C)C. The molecule has 1 N–H and O–H groups in total. The lowest BCUT2D eigenvalue weighted by molar-refractivity contribution is 0.126. The zero-order valence-corrected chi connectivity index (χ0v) is 15.4. The molecule has 0 radical (unpaired) electrons. The van der Waals surface area contributed by atoms with Crippen molar-refractivity contribution in [1.29, 1.82) is 0 Å². The molecular formula is C18H34N2O. The normalized spacial score (nSPS) is 14.8. The van der Waals surface area contributed by atoms with Gasteiger partial charge >= 0.3 is 0 Å². The van der Waals surface area contributed by atoms with Gasteiger partial charge < -0.3 is 9.73 Å². The molecule has 3 nitrogen and oxygen atoms in total. The predicted octanol–water partition coefficient (Wildman–Crippen LogP) is 4.34. The van der Waals surface area contributed by atoms with Crippen LogP contribution in [0.3, 0.4) is 0 Å². The van der Waals surface area contributed by atoms with E-state index in [4.69, 9.17) is 4.42 Å². The first-order valence-corrected chi connectivity index (χ1v) is 7.93. The maximum atomic E-state index is 5.93. The Bertz CT molecular complexity index is 449. The Hall–Kier alpha value is -0.800. The van der Waals surface area contributed by atoms with Gasteiger partial charge in [0.15, 0.2) is 0 Å². The first-order valence-electron chi connectivity index (χ1n) is 7.93. The molecule has 0 spiro atoms. The molecule has 1 atom stereocenters. The lowest BCUT2D eigenvalue weighted by atomic mass is 9.87. The highest BCUT2D eigenvalue weighted by atomic mass is 16.3. The third-order valence-corrected chi connectivity index (χ3v) is 4.20. The summed E-state index contributed by atoms with van der Waals surface area (Å²) in [7, 11) is 2.17. The molecule has 122 valence electrons. The van der Waals surface area contributed by atoms with Crippen molar-refractivity contribution >= 4 is 0 Å². The van der Waals surface area contributed by atoms with Crippen molar-refractivity contribution in [2.75, 3.05) is 7.05 Å². The lowest BCUT2D eigenvalue weighted by Gasteiger charge is -2.34. The Labute approximate surface area is 131 Å². The van der Waals surface area contributed by atoms with Gasteiger partial charge in [0, 0.05) is 23.7 Å². The fourth-order valence-corrected chi connectivity index (χ4v) is 2.25. The molecule has 1 aromatic rings. The average Bonchev–Trinajstić information content (AvgIpc) is 2.63. The smallest absolute Gasteiger partial charge is 0.118 e. The van der Waals surface area contributed by atoms with E-state index in [-0.39, 0.29) is 11.0 Å². The summed E-state index contributed by atoms with van der Waals surface area (Å²) in [6.45, 7) is 19.4. The van der Waals surface area contributed by atoms with Crippen molar-refractivity contribution in [3.8, 4) is 0 Å². The summed E-state index contributed by atoms with van der Waals surface area (Å²) in [6.07, 6.45) is 0. The quantitative estimate of drug-likeness (QED) is 0.875. The zero-order valence-electron chi connectivity index (χ0n) is 15.4. The highest BCUT2D eigenvalue weighted by molar-refractivity contribution is 5.21. The molecule has 0 aliphatic carbocycles. The van der Waals surface area contributed by atoms with E-state index in [1.165, 1.54) is 5.56 Å². The number of hydrogen-bond donors (Lipinski definition) is 1. The number of nitrogens with zero attached hydrogens (tertiary/aromatic N) is 1. The highest BCUT2D eigenvalue weighted by Crippen LogP contribution is 2.25. The Morgan fingerprint density at radius 1 is 1.19 bits per heavy atom. The number of aryl methyl sites for hydroxylation is 1. The summed E-state index contributed by atoms with van der Waals surface area (Å²) in [5, 5.41) is 3.52. The fraction of sp³-hybridized carbons (Fsp3) is 0.778. The van der Waals surface area contributed by atoms with Crippen LogP contribution >= 0.6 is 0 Å². The molecule has 0 saturated heterocycles. The van der Waals surface area contributed by atoms with Crippen molar-refractivity contribution in [2.45, 2.75) is 80.1 Å². The van der Waals surface area contributed by atoms with Crippen molar-refractivity contribution in [1.82, 2.24) is 10.2 Å². The third-order valence-electron chi connectivity index (χ3n) is 4.20. The van der Waals surface area contributed by atoms with E-state index < -0.39 is 0 Å². The maximum Gasteiger partial charge on any atom is 0.118 e. The summed E-state index contributed by atoms with van der Waals surface area (Å²) >= 11 is 0. The van der Waals surface area contributed by atoms with Crippen molar-refractivity contribution in [3.63, 3.8) is 0 Å². The first-order chi connectivity index (χ1) is 9.40. The second-order valence-corrected chi connectivity index (χ2v) is 8.35. The number of nitrogens with one attached hydrogen (secondary N) is 1. The van der Waals surface area contributed by atoms with Crippen molar-refractivity contribution in [3.05, 3.63) is 23.2 Å². The molecule has 0 amide bonds. The van der Waals surface area contributed by atoms with Gasteiger partial charge in [-0.2, -0.15) is 0 Å². The Kier molecular flexibility index (Phi) is 5.68. The molecule has 1 rings (SSSR count). The molecule has 21 heavy (non-hydrogen) atoms. The Morgan fingerprint density at radius 3 is 2.24 bits per heavy atom. The van der Waals surface area contributed by atoms with Gasteiger partial charge in [-0.05, 0) is 53.1 Å². The van der Waals surface area contributed by atoms with Gasteiger partial charge in [-0.25, -0.2) is 0 Å². The zero-order chi connectivity index (χ0) is 16.4. The molecule has 0 fully saturated rings. The van der Waals surface area contributed by atoms with Crippen LogP contribution in [0.4, 0.5) is 0 Å². The largest absolute Gasteiger partial charge is 0.465 e. The van der Waals surface area contributed by atoms with E-state index in [1.807, 2.05) is 0 Å². The molecule has 1 heterocycles. The second kappa shape index (κ2) is 6.53. The fourth-order valence-electron chi connectivity index (χ4n) is 2.25. The van der Waals surface area contributed by atoms with Gasteiger partial charge in [0.1, 0.15) is 11.5 Å². The number of rotatable bonds is 5. The lowest BCUT2D eigenvalue weighted by Crippen LogP contribution is -2.38. The van der Waals surface area contributed by atoms with E-state index in [0.29, 0.717) is 6.04 Å². The van der Waals surface area contributed by atoms with Crippen LogP contribution in [0.1, 0.15) is 65.6 Å². The van der Waals surface area contributed by atoms with Gasteiger partial charge in [0.25, 0.3) is 0 Å². The summed E-state index contributed by atoms with van der Waals surface area (Å²) in [5.41, 5.74) is 1.66.